The maximum Gasteiger partial charge on any atom is 0.306 e. The van der Waals surface area contributed by atoms with E-state index < -0.39 is 0 Å². The smallest absolute Gasteiger partial charge is 0.306 e. The second-order valence-electron chi connectivity index (χ2n) is 7.12. The Bertz CT molecular complexity index is 1020. The fourth-order valence-electron chi connectivity index (χ4n) is 3.42. The van der Waals surface area contributed by atoms with Crippen LogP contribution in [0.15, 0.2) is 39.2 Å². The molecule has 0 fully saturated rings. The van der Waals surface area contributed by atoms with Crippen molar-refractivity contribution in [1.29, 1.82) is 0 Å². The number of hydrogen-bond donors (Lipinski definition) is 0. The summed E-state index contributed by atoms with van der Waals surface area (Å²) in [5.41, 5.74) is 5.28. The van der Waals surface area contributed by atoms with Crippen LogP contribution in [-0.4, -0.2) is 12.6 Å². The van der Waals surface area contributed by atoms with E-state index in [9.17, 15) is 4.79 Å². The van der Waals surface area contributed by atoms with Gasteiger partial charge in [-0.05, 0) is 68.1 Å². The third kappa shape index (κ3) is 5.02. The Morgan fingerprint density at radius 1 is 1.07 bits per heavy atom. The first-order valence-corrected chi connectivity index (χ1v) is 10.8. The molecular formula is C24H27BrO4. The summed E-state index contributed by atoms with van der Waals surface area (Å²) in [4.78, 5) is 11.6. The quantitative estimate of drug-likeness (QED) is 0.364. The van der Waals surface area contributed by atoms with Gasteiger partial charge in [0.2, 0.25) is 0 Å². The molecule has 3 aromatic rings. The molecule has 0 aliphatic rings. The predicted octanol–water partition coefficient (Wildman–Crippen LogP) is 6.45. The Morgan fingerprint density at radius 3 is 2.59 bits per heavy atom. The third-order valence-corrected chi connectivity index (χ3v) is 5.65. The number of hydrogen-bond acceptors (Lipinski definition) is 4. The summed E-state index contributed by atoms with van der Waals surface area (Å²) >= 11 is 3.58. The van der Waals surface area contributed by atoms with E-state index >= 15 is 0 Å². The first-order chi connectivity index (χ1) is 13.9. The highest BCUT2D eigenvalue weighted by Crippen LogP contribution is 2.30. The normalized spacial score (nSPS) is 11.1. The van der Waals surface area contributed by atoms with Crippen molar-refractivity contribution in [2.45, 2.75) is 53.6 Å². The summed E-state index contributed by atoms with van der Waals surface area (Å²) in [6, 6.07) is 10.2. The van der Waals surface area contributed by atoms with Gasteiger partial charge in [0.1, 0.15) is 23.7 Å². The fourth-order valence-corrected chi connectivity index (χ4v) is 3.95. The molecular weight excluding hydrogens is 432 g/mol. The number of rotatable bonds is 8. The summed E-state index contributed by atoms with van der Waals surface area (Å²) in [7, 11) is 0. The SMILES string of the molecule is CCOC(=O)CCc1ccc(OCc2cc(Br)cc3cc(CC)oc23)c(C)c1C. The molecule has 0 amide bonds. The highest BCUT2D eigenvalue weighted by atomic mass is 79.9. The van der Waals surface area contributed by atoms with Crippen LogP contribution in [0.3, 0.4) is 0 Å². The molecule has 0 spiro atoms. The predicted molar refractivity (Wildman–Crippen MR) is 118 cm³/mol. The Morgan fingerprint density at radius 2 is 1.86 bits per heavy atom. The molecule has 1 aromatic heterocycles. The Balaban J connectivity index is 1.76. The first kappa shape index (κ1) is 21.4. The van der Waals surface area contributed by atoms with Gasteiger partial charge in [-0.25, -0.2) is 0 Å². The highest BCUT2D eigenvalue weighted by molar-refractivity contribution is 9.10. The van der Waals surface area contributed by atoms with Gasteiger partial charge in [0.05, 0.1) is 6.61 Å². The van der Waals surface area contributed by atoms with Crippen molar-refractivity contribution in [1.82, 2.24) is 0 Å². The van der Waals surface area contributed by atoms with Gasteiger partial charge in [-0.3, -0.25) is 4.79 Å². The van der Waals surface area contributed by atoms with Crippen molar-refractivity contribution < 1.29 is 18.7 Å². The Hall–Kier alpha value is -2.27. The Kier molecular flexibility index (Phi) is 7.01. The summed E-state index contributed by atoms with van der Waals surface area (Å²) < 4.78 is 18.2. The first-order valence-electron chi connectivity index (χ1n) is 10.0. The van der Waals surface area contributed by atoms with Gasteiger partial charge >= 0.3 is 5.97 Å². The van der Waals surface area contributed by atoms with Crippen molar-refractivity contribution in [2.24, 2.45) is 0 Å². The van der Waals surface area contributed by atoms with Crippen LogP contribution >= 0.6 is 15.9 Å². The van der Waals surface area contributed by atoms with Gasteiger partial charge in [0, 0.05) is 28.3 Å². The second kappa shape index (κ2) is 9.49. The molecule has 5 heteroatoms. The summed E-state index contributed by atoms with van der Waals surface area (Å²) in [5, 5.41) is 1.08. The lowest BCUT2D eigenvalue weighted by molar-refractivity contribution is -0.143. The van der Waals surface area contributed by atoms with Gasteiger partial charge in [-0.1, -0.05) is 28.9 Å². The van der Waals surface area contributed by atoms with E-state index in [2.05, 4.69) is 48.8 Å². The number of carbonyl (C=O) groups is 1. The van der Waals surface area contributed by atoms with Gasteiger partial charge in [0.25, 0.3) is 0 Å². The minimum absolute atomic E-state index is 0.159. The summed E-state index contributed by atoms with van der Waals surface area (Å²) in [5.74, 6) is 1.66. The summed E-state index contributed by atoms with van der Waals surface area (Å²) in [6.07, 6.45) is 1.92. The van der Waals surface area contributed by atoms with Crippen LogP contribution in [0.1, 0.15) is 48.3 Å². The van der Waals surface area contributed by atoms with E-state index in [-0.39, 0.29) is 5.97 Å². The van der Waals surface area contributed by atoms with Crippen molar-refractivity contribution in [3.8, 4) is 5.75 Å². The van der Waals surface area contributed by atoms with Crippen LogP contribution in [-0.2, 0) is 29.0 Å². The number of ether oxygens (including phenoxy) is 2. The number of halogens is 1. The van der Waals surface area contributed by atoms with Crippen LogP contribution in [0.5, 0.6) is 5.75 Å². The van der Waals surface area contributed by atoms with Gasteiger partial charge in [-0.2, -0.15) is 0 Å². The maximum atomic E-state index is 11.6. The molecule has 0 N–H and O–H groups in total. The fraction of sp³-hybridized carbons (Fsp3) is 0.375. The topological polar surface area (TPSA) is 48.7 Å². The lowest BCUT2D eigenvalue weighted by Gasteiger charge is -2.15. The van der Waals surface area contributed by atoms with Crippen LogP contribution in [0, 0.1) is 13.8 Å². The molecule has 29 heavy (non-hydrogen) atoms. The minimum atomic E-state index is -0.159. The second-order valence-corrected chi connectivity index (χ2v) is 8.03. The number of carbonyl (C=O) groups excluding carboxylic acids is 1. The lowest BCUT2D eigenvalue weighted by Crippen LogP contribution is -2.06. The zero-order valence-electron chi connectivity index (χ0n) is 17.4. The lowest BCUT2D eigenvalue weighted by atomic mass is 9.99. The van der Waals surface area contributed by atoms with E-state index in [1.54, 1.807) is 0 Å². The number of esters is 1. The zero-order valence-corrected chi connectivity index (χ0v) is 19.0. The van der Waals surface area contributed by atoms with Crippen LogP contribution < -0.4 is 4.74 Å². The minimum Gasteiger partial charge on any atom is -0.488 e. The van der Waals surface area contributed by atoms with Crippen molar-refractivity contribution in [2.75, 3.05) is 6.61 Å². The number of fused-ring (bicyclic) bond motifs is 1. The third-order valence-electron chi connectivity index (χ3n) is 5.19. The largest absolute Gasteiger partial charge is 0.488 e. The van der Waals surface area contributed by atoms with Crippen LogP contribution in [0.4, 0.5) is 0 Å². The molecule has 0 aliphatic carbocycles. The van der Waals surface area contributed by atoms with E-state index in [1.165, 1.54) is 0 Å². The molecule has 0 aliphatic heterocycles. The van der Waals surface area contributed by atoms with E-state index in [4.69, 9.17) is 13.9 Å². The van der Waals surface area contributed by atoms with E-state index in [1.807, 2.05) is 25.1 Å². The highest BCUT2D eigenvalue weighted by Gasteiger charge is 2.13. The molecule has 0 unspecified atom stereocenters. The zero-order chi connectivity index (χ0) is 21.0. The average molecular weight is 459 g/mol. The molecule has 154 valence electrons. The average Bonchev–Trinajstić information content (AvgIpc) is 3.11. The Labute approximate surface area is 180 Å². The molecule has 0 saturated heterocycles. The van der Waals surface area contributed by atoms with Crippen molar-refractivity contribution in [3.05, 3.63) is 62.8 Å². The molecule has 0 atom stereocenters. The van der Waals surface area contributed by atoms with E-state index in [0.717, 1.165) is 55.6 Å². The molecule has 0 bridgehead atoms. The molecule has 0 radical (unpaired) electrons. The van der Waals surface area contributed by atoms with E-state index in [0.29, 0.717) is 26.1 Å². The standard InChI is InChI=1S/C24H27BrO4/c1-5-21-13-18-11-20(25)12-19(24(18)29-21)14-28-22-9-7-17(15(3)16(22)4)8-10-23(26)27-6-2/h7,9,11-13H,5-6,8,10,14H2,1-4H3. The van der Waals surface area contributed by atoms with Gasteiger partial charge < -0.3 is 13.9 Å². The number of aryl methyl sites for hydroxylation is 2. The maximum absolute atomic E-state index is 11.6. The number of furan rings is 1. The van der Waals surface area contributed by atoms with Gasteiger partial charge in [-0.15, -0.1) is 0 Å². The molecule has 0 saturated carbocycles. The number of benzene rings is 2. The van der Waals surface area contributed by atoms with Crippen molar-refractivity contribution >= 4 is 32.9 Å². The van der Waals surface area contributed by atoms with Crippen LogP contribution in [0.25, 0.3) is 11.0 Å². The monoisotopic (exact) mass is 458 g/mol. The van der Waals surface area contributed by atoms with Crippen molar-refractivity contribution in [3.63, 3.8) is 0 Å². The molecule has 3 rings (SSSR count). The molecule has 2 aromatic carbocycles. The molecule has 4 nitrogen and oxygen atoms in total. The summed E-state index contributed by atoms with van der Waals surface area (Å²) in [6.45, 7) is 8.87. The molecule has 1 heterocycles. The van der Waals surface area contributed by atoms with Gasteiger partial charge in [0.15, 0.2) is 0 Å². The van der Waals surface area contributed by atoms with Crippen LogP contribution in [0.2, 0.25) is 0 Å².